The third-order valence-corrected chi connectivity index (χ3v) is 1.29. The van der Waals surface area contributed by atoms with E-state index in [2.05, 4.69) is 45.9 Å². The average Bonchev–Trinajstić information content (AvgIpc) is 1.82. The molecule has 0 rings (SSSR count). The summed E-state index contributed by atoms with van der Waals surface area (Å²) in [6.07, 6.45) is 7.69. The van der Waals surface area contributed by atoms with Crippen LogP contribution in [0.25, 0.3) is 0 Å². The van der Waals surface area contributed by atoms with E-state index < -0.39 is 0 Å². The fraction of sp³-hybridized carbons (Fsp3) is 0.600. The predicted molar refractivity (Wildman–Crippen MR) is 48.0 cm³/mol. The van der Waals surface area contributed by atoms with E-state index in [4.69, 9.17) is 0 Å². The number of rotatable bonds is 3. The summed E-state index contributed by atoms with van der Waals surface area (Å²) in [4.78, 5) is 0. The summed E-state index contributed by atoms with van der Waals surface area (Å²) >= 11 is 0. The van der Waals surface area contributed by atoms with Crippen molar-refractivity contribution in [3.05, 3.63) is 23.8 Å². The third-order valence-electron chi connectivity index (χ3n) is 1.29. The van der Waals surface area contributed by atoms with E-state index in [-0.39, 0.29) is 0 Å². The fourth-order valence-corrected chi connectivity index (χ4v) is 0.941. The van der Waals surface area contributed by atoms with Crippen molar-refractivity contribution in [2.45, 2.75) is 34.1 Å². The molecular weight excluding hydrogens is 120 g/mol. The van der Waals surface area contributed by atoms with Gasteiger partial charge in [-0.1, -0.05) is 37.6 Å². The monoisotopic (exact) mass is 138 g/mol. The zero-order chi connectivity index (χ0) is 7.98. The summed E-state index contributed by atoms with van der Waals surface area (Å²) < 4.78 is 0. The molecule has 0 aromatic heterocycles. The molecule has 0 aliphatic carbocycles. The molecule has 0 bridgehead atoms. The van der Waals surface area contributed by atoms with Crippen molar-refractivity contribution in [2.75, 3.05) is 0 Å². The first-order valence-electron chi connectivity index (χ1n) is 3.95. The number of hydrogen-bond donors (Lipinski definition) is 0. The molecule has 0 amide bonds. The van der Waals surface area contributed by atoms with Gasteiger partial charge in [-0.15, -0.1) is 0 Å². The second kappa shape index (κ2) is 5.28. The van der Waals surface area contributed by atoms with Crippen molar-refractivity contribution < 1.29 is 0 Å². The van der Waals surface area contributed by atoms with Gasteiger partial charge in [0.15, 0.2) is 0 Å². The summed E-state index contributed by atoms with van der Waals surface area (Å²) in [7, 11) is 0. The smallest absolute Gasteiger partial charge is 0.0142 e. The van der Waals surface area contributed by atoms with Gasteiger partial charge >= 0.3 is 0 Å². The Labute approximate surface area is 64.6 Å². The predicted octanol–water partition coefficient (Wildman–Crippen LogP) is 3.55. The molecule has 0 heterocycles. The second-order valence-corrected chi connectivity index (χ2v) is 3.03. The SMILES string of the molecule is C/C=C\C/C(C)=C\C(C)C. The molecule has 0 saturated carbocycles. The zero-order valence-electron chi connectivity index (χ0n) is 7.52. The van der Waals surface area contributed by atoms with Crippen molar-refractivity contribution in [3.8, 4) is 0 Å². The van der Waals surface area contributed by atoms with Crippen LogP contribution in [0.15, 0.2) is 23.8 Å². The van der Waals surface area contributed by atoms with Crippen LogP contribution < -0.4 is 0 Å². The van der Waals surface area contributed by atoms with Crippen LogP contribution in [0.3, 0.4) is 0 Å². The summed E-state index contributed by atoms with van der Waals surface area (Å²) in [5.41, 5.74) is 1.47. The quantitative estimate of drug-likeness (QED) is 0.523. The van der Waals surface area contributed by atoms with Crippen LogP contribution in [-0.4, -0.2) is 0 Å². The summed E-state index contributed by atoms with van der Waals surface area (Å²) in [6.45, 7) is 8.65. The Hall–Kier alpha value is -0.520. The lowest BCUT2D eigenvalue weighted by Gasteiger charge is -1.98. The van der Waals surface area contributed by atoms with Crippen LogP contribution >= 0.6 is 0 Å². The lowest BCUT2D eigenvalue weighted by Crippen LogP contribution is -1.81. The molecule has 58 valence electrons. The molecule has 0 nitrogen and oxygen atoms in total. The van der Waals surface area contributed by atoms with E-state index in [1.54, 1.807) is 0 Å². The second-order valence-electron chi connectivity index (χ2n) is 3.03. The topological polar surface area (TPSA) is 0 Å². The van der Waals surface area contributed by atoms with Crippen LogP contribution in [0, 0.1) is 5.92 Å². The van der Waals surface area contributed by atoms with Crippen LogP contribution in [-0.2, 0) is 0 Å². The lowest BCUT2D eigenvalue weighted by atomic mass is 10.1. The lowest BCUT2D eigenvalue weighted by molar-refractivity contribution is 0.817. The zero-order valence-corrected chi connectivity index (χ0v) is 7.52. The largest absolute Gasteiger partial charge is 0.0913 e. The highest BCUT2D eigenvalue weighted by Gasteiger charge is 1.88. The van der Waals surface area contributed by atoms with E-state index in [0.717, 1.165) is 6.42 Å². The van der Waals surface area contributed by atoms with E-state index in [0.29, 0.717) is 5.92 Å². The Kier molecular flexibility index (Phi) is 5.00. The van der Waals surface area contributed by atoms with Crippen LogP contribution in [0.5, 0.6) is 0 Å². The van der Waals surface area contributed by atoms with E-state index in [9.17, 15) is 0 Å². The molecule has 0 unspecified atom stereocenters. The highest BCUT2D eigenvalue weighted by Crippen LogP contribution is 2.05. The third kappa shape index (κ3) is 5.61. The molecule has 0 spiro atoms. The Morgan fingerprint density at radius 3 is 2.40 bits per heavy atom. The van der Waals surface area contributed by atoms with Crippen molar-refractivity contribution in [2.24, 2.45) is 5.92 Å². The highest BCUT2D eigenvalue weighted by molar-refractivity contribution is 5.04. The first-order chi connectivity index (χ1) is 4.66. The van der Waals surface area contributed by atoms with E-state index >= 15 is 0 Å². The van der Waals surface area contributed by atoms with Crippen LogP contribution in [0.4, 0.5) is 0 Å². The van der Waals surface area contributed by atoms with Crippen molar-refractivity contribution in [1.82, 2.24) is 0 Å². The molecule has 0 N–H and O–H groups in total. The maximum Gasteiger partial charge on any atom is -0.0142 e. The Morgan fingerprint density at radius 2 is 2.00 bits per heavy atom. The first kappa shape index (κ1) is 9.48. The Balaban J connectivity index is 3.71. The van der Waals surface area contributed by atoms with Gasteiger partial charge in [0.05, 0.1) is 0 Å². The molecule has 0 fully saturated rings. The molecule has 10 heavy (non-hydrogen) atoms. The molecule has 0 atom stereocenters. The molecule has 0 saturated heterocycles. The summed E-state index contributed by atoms with van der Waals surface area (Å²) in [5, 5.41) is 0. The van der Waals surface area contributed by atoms with Gasteiger partial charge in [0.2, 0.25) is 0 Å². The molecule has 0 aromatic carbocycles. The molecule has 0 aliphatic heterocycles. The van der Waals surface area contributed by atoms with Crippen LogP contribution in [0.2, 0.25) is 0 Å². The van der Waals surface area contributed by atoms with Gasteiger partial charge in [-0.2, -0.15) is 0 Å². The van der Waals surface area contributed by atoms with Crippen molar-refractivity contribution >= 4 is 0 Å². The standard InChI is InChI=1S/C10H18/c1-5-6-7-10(4)8-9(2)3/h5-6,8-9H,7H2,1-4H3/b6-5-,10-8-. The van der Waals surface area contributed by atoms with Gasteiger partial charge in [0.1, 0.15) is 0 Å². The van der Waals surface area contributed by atoms with Gasteiger partial charge in [0.25, 0.3) is 0 Å². The number of hydrogen-bond acceptors (Lipinski definition) is 0. The minimum absolute atomic E-state index is 0.685. The maximum atomic E-state index is 2.31. The Bertz CT molecular complexity index is 127. The van der Waals surface area contributed by atoms with Gasteiger partial charge in [-0.05, 0) is 26.2 Å². The van der Waals surface area contributed by atoms with Gasteiger partial charge in [-0.25, -0.2) is 0 Å². The fourth-order valence-electron chi connectivity index (χ4n) is 0.941. The van der Waals surface area contributed by atoms with E-state index in [1.165, 1.54) is 5.57 Å². The minimum Gasteiger partial charge on any atom is -0.0913 e. The van der Waals surface area contributed by atoms with E-state index in [1.807, 2.05) is 0 Å². The maximum absolute atomic E-state index is 2.31. The van der Waals surface area contributed by atoms with Gasteiger partial charge in [0, 0.05) is 0 Å². The normalized spacial score (nSPS) is 13.5. The molecular formula is C10H18. The van der Waals surface area contributed by atoms with Crippen LogP contribution in [0.1, 0.15) is 34.1 Å². The molecule has 0 heteroatoms. The van der Waals surface area contributed by atoms with Gasteiger partial charge in [-0.3, -0.25) is 0 Å². The van der Waals surface area contributed by atoms with Crippen molar-refractivity contribution in [3.63, 3.8) is 0 Å². The number of allylic oxidation sites excluding steroid dienone is 4. The molecule has 0 radical (unpaired) electrons. The van der Waals surface area contributed by atoms with Crippen molar-refractivity contribution in [1.29, 1.82) is 0 Å². The first-order valence-corrected chi connectivity index (χ1v) is 3.95. The average molecular weight is 138 g/mol. The molecule has 0 aromatic rings. The summed E-state index contributed by atoms with van der Waals surface area (Å²) in [6, 6.07) is 0. The highest BCUT2D eigenvalue weighted by atomic mass is 13.9. The summed E-state index contributed by atoms with van der Waals surface area (Å²) in [5.74, 6) is 0.685. The Morgan fingerprint density at radius 1 is 1.40 bits per heavy atom. The minimum atomic E-state index is 0.685. The van der Waals surface area contributed by atoms with Gasteiger partial charge < -0.3 is 0 Å². The molecule has 0 aliphatic rings.